The second kappa shape index (κ2) is 4.86. The molecule has 1 atom stereocenters. The van der Waals surface area contributed by atoms with Crippen LogP contribution in [0, 0.1) is 5.41 Å². The standard InChI is InChI=1S/C15H22N4O2/c1-4-8-19-12-10(13(20)18-14(19)21)16-11(17-12)9-6-5-7-15(9,2)3/h9H,4-8H2,1-3H3,(H,16,17)(H,18,20,21). The average Bonchev–Trinajstić information content (AvgIpc) is 2.97. The highest BCUT2D eigenvalue weighted by Crippen LogP contribution is 2.47. The number of imidazole rings is 1. The Morgan fingerprint density at radius 1 is 1.33 bits per heavy atom. The van der Waals surface area contributed by atoms with E-state index < -0.39 is 0 Å². The molecule has 0 bridgehead atoms. The second-order valence-corrected chi connectivity index (χ2v) is 6.66. The Labute approximate surface area is 122 Å². The molecule has 3 rings (SSSR count). The average molecular weight is 290 g/mol. The fourth-order valence-electron chi connectivity index (χ4n) is 3.49. The zero-order chi connectivity index (χ0) is 15.2. The van der Waals surface area contributed by atoms with E-state index in [4.69, 9.17) is 0 Å². The zero-order valence-electron chi connectivity index (χ0n) is 12.8. The van der Waals surface area contributed by atoms with E-state index in [1.54, 1.807) is 4.57 Å². The predicted molar refractivity (Wildman–Crippen MR) is 81.6 cm³/mol. The van der Waals surface area contributed by atoms with Gasteiger partial charge in [0.25, 0.3) is 5.56 Å². The molecule has 6 nitrogen and oxygen atoms in total. The topological polar surface area (TPSA) is 83.5 Å². The minimum absolute atomic E-state index is 0.177. The van der Waals surface area contributed by atoms with Crippen molar-refractivity contribution in [2.45, 2.75) is 58.9 Å². The van der Waals surface area contributed by atoms with Crippen molar-refractivity contribution in [3.05, 3.63) is 26.7 Å². The summed E-state index contributed by atoms with van der Waals surface area (Å²) in [5.41, 5.74) is 0.329. The SMILES string of the molecule is CCCn1c(=O)[nH]c(=O)c2[nH]c(C3CCCC3(C)C)nc21. The van der Waals surface area contributed by atoms with Crippen LogP contribution in [0.2, 0.25) is 0 Å². The number of aromatic nitrogens is 4. The molecule has 0 amide bonds. The lowest BCUT2D eigenvalue weighted by Gasteiger charge is -2.24. The maximum atomic E-state index is 12.0. The molecule has 0 aliphatic heterocycles. The summed E-state index contributed by atoms with van der Waals surface area (Å²) in [4.78, 5) is 34.1. The number of hydrogen-bond acceptors (Lipinski definition) is 3. The molecule has 2 heterocycles. The number of nitrogens with one attached hydrogen (secondary N) is 2. The number of hydrogen-bond donors (Lipinski definition) is 2. The largest absolute Gasteiger partial charge is 0.336 e. The lowest BCUT2D eigenvalue weighted by atomic mass is 9.81. The molecule has 0 saturated heterocycles. The Hall–Kier alpha value is -1.85. The van der Waals surface area contributed by atoms with Crippen LogP contribution in [0.25, 0.3) is 11.2 Å². The predicted octanol–water partition coefficient (Wildman–Crippen LogP) is 2.12. The second-order valence-electron chi connectivity index (χ2n) is 6.66. The molecule has 1 aliphatic rings. The lowest BCUT2D eigenvalue weighted by Crippen LogP contribution is -2.30. The first-order valence-corrected chi connectivity index (χ1v) is 7.67. The first kappa shape index (κ1) is 14.1. The van der Waals surface area contributed by atoms with Gasteiger partial charge in [0, 0.05) is 12.5 Å². The number of H-pyrrole nitrogens is 2. The highest BCUT2D eigenvalue weighted by atomic mass is 16.2. The van der Waals surface area contributed by atoms with Crippen molar-refractivity contribution in [2.24, 2.45) is 5.41 Å². The van der Waals surface area contributed by atoms with Crippen LogP contribution in [0.1, 0.15) is 58.2 Å². The van der Waals surface area contributed by atoms with Crippen LogP contribution in [0.4, 0.5) is 0 Å². The molecular formula is C15H22N4O2. The van der Waals surface area contributed by atoms with Gasteiger partial charge in [-0.3, -0.25) is 14.3 Å². The van der Waals surface area contributed by atoms with Crippen LogP contribution in [0.15, 0.2) is 9.59 Å². The van der Waals surface area contributed by atoms with E-state index in [2.05, 4.69) is 28.8 Å². The third kappa shape index (κ3) is 2.22. The maximum absolute atomic E-state index is 12.0. The summed E-state index contributed by atoms with van der Waals surface area (Å²) in [7, 11) is 0. The van der Waals surface area contributed by atoms with Crippen LogP contribution >= 0.6 is 0 Å². The minimum atomic E-state index is -0.378. The van der Waals surface area contributed by atoms with E-state index in [0.29, 0.717) is 23.6 Å². The van der Waals surface area contributed by atoms with Gasteiger partial charge in [0.05, 0.1) is 0 Å². The first-order valence-electron chi connectivity index (χ1n) is 7.67. The molecule has 2 aromatic heterocycles. The van der Waals surface area contributed by atoms with Gasteiger partial charge in [0.1, 0.15) is 11.3 Å². The molecule has 0 spiro atoms. The van der Waals surface area contributed by atoms with Gasteiger partial charge < -0.3 is 4.98 Å². The van der Waals surface area contributed by atoms with Crippen molar-refractivity contribution in [1.29, 1.82) is 0 Å². The van der Waals surface area contributed by atoms with Crippen LogP contribution in [0.5, 0.6) is 0 Å². The summed E-state index contributed by atoms with van der Waals surface area (Å²) in [5.74, 6) is 1.16. The molecule has 6 heteroatoms. The van der Waals surface area contributed by atoms with Gasteiger partial charge in [-0.2, -0.15) is 0 Å². The van der Waals surface area contributed by atoms with E-state index in [-0.39, 0.29) is 16.7 Å². The molecule has 21 heavy (non-hydrogen) atoms. The molecular weight excluding hydrogens is 268 g/mol. The molecule has 1 aliphatic carbocycles. The normalized spacial score (nSPS) is 21.2. The number of aryl methyl sites for hydroxylation is 1. The van der Waals surface area contributed by atoms with Crippen molar-refractivity contribution in [1.82, 2.24) is 19.5 Å². The first-order chi connectivity index (χ1) is 9.94. The monoisotopic (exact) mass is 290 g/mol. The molecule has 0 radical (unpaired) electrons. The van der Waals surface area contributed by atoms with E-state index >= 15 is 0 Å². The molecule has 114 valence electrons. The highest BCUT2D eigenvalue weighted by Gasteiger charge is 2.37. The summed E-state index contributed by atoms with van der Waals surface area (Å²) in [6.45, 7) is 7.03. The van der Waals surface area contributed by atoms with Gasteiger partial charge in [0.15, 0.2) is 5.65 Å². The summed E-state index contributed by atoms with van der Waals surface area (Å²) in [6, 6.07) is 0. The van der Waals surface area contributed by atoms with E-state index in [1.807, 2.05) is 6.92 Å². The smallest absolute Gasteiger partial charge is 0.330 e. The van der Waals surface area contributed by atoms with Crippen LogP contribution in [-0.4, -0.2) is 19.5 Å². The van der Waals surface area contributed by atoms with Crippen LogP contribution in [0.3, 0.4) is 0 Å². The van der Waals surface area contributed by atoms with Crippen molar-refractivity contribution in [3.63, 3.8) is 0 Å². The van der Waals surface area contributed by atoms with Gasteiger partial charge in [-0.1, -0.05) is 27.2 Å². The number of aromatic amines is 2. The number of nitrogens with zero attached hydrogens (tertiary/aromatic N) is 2. The van der Waals surface area contributed by atoms with Gasteiger partial charge in [-0.05, 0) is 24.7 Å². The highest BCUT2D eigenvalue weighted by molar-refractivity contribution is 5.69. The molecule has 0 aromatic carbocycles. The van der Waals surface area contributed by atoms with E-state index in [0.717, 1.165) is 25.1 Å². The molecule has 1 unspecified atom stereocenters. The maximum Gasteiger partial charge on any atom is 0.330 e. The Morgan fingerprint density at radius 3 is 2.71 bits per heavy atom. The van der Waals surface area contributed by atoms with Crippen molar-refractivity contribution >= 4 is 11.2 Å². The molecule has 1 saturated carbocycles. The molecule has 2 N–H and O–H groups in total. The fourth-order valence-corrected chi connectivity index (χ4v) is 3.49. The quantitative estimate of drug-likeness (QED) is 0.908. The molecule has 2 aromatic rings. The Balaban J connectivity index is 2.20. The summed E-state index contributed by atoms with van der Waals surface area (Å²) < 4.78 is 1.55. The zero-order valence-corrected chi connectivity index (χ0v) is 12.8. The van der Waals surface area contributed by atoms with Crippen molar-refractivity contribution < 1.29 is 0 Å². The van der Waals surface area contributed by atoms with Gasteiger partial charge in [-0.15, -0.1) is 0 Å². The van der Waals surface area contributed by atoms with E-state index in [9.17, 15) is 9.59 Å². The van der Waals surface area contributed by atoms with Gasteiger partial charge in [-0.25, -0.2) is 9.78 Å². The third-order valence-corrected chi connectivity index (χ3v) is 4.69. The fraction of sp³-hybridized carbons (Fsp3) is 0.667. The summed E-state index contributed by atoms with van der Waals surface area (Å²) in [5, 5.41) is 0. The lowest BCUT2D eigenvalue weighted by molar-refractivity contribution is 0.323. The summed E-state index contributed by atoms with van der Waals surface area (Å²) in [6.07, 6.45) is 4.22. The van der Waals surface area contributed by atoms with Crippen LogP contribution < -0.4 is 11.2 Å². The molecule has 1 fully saturated rings. The minimum Gasteiger partial charge on any atom is -0.336 e. The Morgan fingerprint density at radius 2 is 2.10 bits per heavy atom. The Kier molecular flexibility index (Phi) is 3.26. The van der Waals surface area contributed by atoms with Gasteiger partial charge in [0.2, 0.25) is 0 Å². The van der Waals surface area contributed by atoms with Gasteiger partial charge >= 0.3 is 5.69 Å². The van der Waals surface area contributed by atoms with Crippen molar-refractivity contribution in [3.8, 4) is 0 Å². The van der Waals surface area contributed by atoms with Crippen LogP contribution in [-0.2, 0) is 6.54 Å². The summed E-state index contributed by atoms with van der Waals surface area (Å²) >= 11 is 0. The third-order valence-electron chi connectivity index (χ3n) is 4.69. The Bertz CT molecular complexity index is 781. The van der Waals surface area contributed by atoms with Crippen molar-refractivity contribution in [2.75, 3.05) is 0 Å². The van der Waals surface area contributed by atoms with E-state index in [1.165, 1.54) is 6.42 Å². The number of fused-ring (bicyclic) bond motifs is 1. The number of rotatable bonds is 3.